The molecule has 8 rings (SSSR count). The molecule has 0 bridgehead atoms. The van der Waals surface area contributed by atoms with Crippen molar-refractivity contribution in [3.63, 3.8) is 0 Å². The van der Waals surface area contributed by atoms with Crippen molar-refractivity contribution in [2.75, 3.05) is 13.2 Å². The third-order valence-corrected chi connectivity index (χ3v) is 8.44. The van der Waals surface area contributed by atoms with E-state index in [4.69, 9.17) is 14.2 Å². The first-order valence-corrected chi connectivity index (χ1v) is 13.5. The zero-order valence-corrected chi connectivity index (χ0v) is 22.0. The van der Waals surface area contributed by atoms with Gasteiger partial charge in [-0.15, -0.1) is 0 Å². The van der Waals surface area contributed by atoms with Gasteiger partial charge >= 0.3 is 0 Å². The molecule has 216 valence electrons. The predicted octanol–water partition coefficient (Wildman–Crippen LogP) is 1.15. The molecule has 1 unspecified atom stereocenters. The summed E-state index contributed by atoms with van der Waals surface area (Å²) < 4.78 is 19.4. The summed E-state index contributed by atoms with van der Waals surface area (Å²) in [5, 5.41) is 56.7. The lowest BCUT2D eigenvalue weighted by Crippen LogP contribution is -2.56. The van der Waals surface area contributed by atoms with Crippen LogP contribution in [0.1, 0.15) is 33.9 Å². The zero-order chi connectivity index (χ0) is 29.2. The van der Waals surface area contributed by atoms with Gasteiger partial charge in [0.05, 0.1) is 39.8 Å². The smallest absolute Gasteiger partial charge is 0.259 e. The van der Waals surface area contributed by atoms with Crippen molar-refractivity contribution in [3.8, 4) is 17.2 Å². The van der Waals surface area contributed by atoms with E-state index in [1.54, 1.807) is 22.8 Å². The first-order chi connectivity index (χ1) is 20.2. The van der Waals surface area contributed by atoms with E-state index >= 15 is 0 Å². The van der Waals surface area contributed by atoms with Crippen molar-refractivity contribution in [2.45, 2.75) is 43.7 Å². The summed E-state index contributed by atoms with van der Waals surface area (Å²) >= 11 is 0. The topological polar surface area (TPSA) is 196 Å². The molecule has 5 heterocycles. The molecule has 5 aromatic rings. The summed E-state index contributed by atoms with van der Waals surface area (Å²) in [6.07, 6.45) is -7.66. The van der Waals surface area contributed by atoms with Gasteiger partial charge in [-0.25, -0.2) is 0 Å². The van der Waals surface area contributed by atoms with E-state index in [-0.39, 0.29) is 23.0 Å². The summed E-state index contributed by atoms with van der Waals surface area (Å²) in [6, 6.07) is 7.90. The number of ether oxygens (including phenoxy) is 3. The van der Waals surface area contributed by atoms with Crippen LogP contribution in [-0.2, 0) is 4.74 Å². The highest BCUT2D eigenvalue weighted by atomic mass is 16.6. The van der Waals surface area contributed by atoms with Gasteiger partial charge in [0, 0.05) is 27.6 Å². The second-order valence-corrected chi connectivity index (χ2v) is 11.0. The highest BCUT2D eigenvalue weighted by Gasteiger charge is 2.46. The molecule has 13 nitrogen and oxygen atoms in total. The first-order valence-electron chi connectivity index (χ1n) is 13.5. The molecule has 1 saturated heterocycles. The number of fused-ring (bicyclic) bond motifs is 11. The number of phenolic OH excluding ortho intramolecular Hbond substituents is 1. The van der Waals surface area contributed by atoms with Crippen LogP contribution in [-0.4, -0.2) is 90.6 Å². The molecule has 42 heavy (non-hydrogen) atoms. The Kier molecular flexibility index (Phi) is 5.16. The number of aromatic hydroxyl groups is 1. The number of hydrogen-bond donors (Lipinski definition) is 7. The molecule has 7 N–H and O–H groups in total. The maximum atomic E-state index is 13.4. The zero-order valence-electron chi connectivity index (χ0n) is 22.0. The molecule has 3 aliphatic rings. The number of H-pyrrole nitrogens is 1. The van der Waals surface area contributed by atoms with Crippen LogP contribution >= 0.6 is 0 Å². The highest BCUT2D eigenvalue weighted by molar-refractivity contribution is 6.39. The number of hydrogen-bond acceptors (Lipinski definition) is 10. The second kappa shape index (κ2) is 8.56. The SMILES string of the molecule is CC1COc2cc3c(cc2O1)[nH]c1c3c2c(c3c4cc(O)ccc4n([C@@H]4O[C@H](CO)[C@@H](O)[C@H](O)[C@H]4O)c13)C(=O)NC2=O. The molecule has 2 amide bonds. The molecule has 2 aromatic heterocycles. The van der Waals surface area contributed by atoms with Gasteiger partial charge in [0.1, 0.15) is 42.9 Å². The minimum atomic E-state index is -1.67. The molecule has 0 aliphatic carbocycles. The van der Waals surface area contributed by atoms with E-state index in [1.807, 2.05) is 6.92 Å². The van der Waals surface area contributed by atoms with E-state index < -0.39 is 49.1 Å². The van der Waals surface area contributed by atoms with Crippen LogP contribution < -0.4 is 14.8 Å². The van der Waals surface area contributed by atoms with Crippen LogP contribution in [0.25, 0.3) is 43.6 Å². The predicted molar refractivity (Wildman–Crippen MR) is 147 cm³/mol. The number of aromatic nitrogens is 2. The molecule has 13 heteroatoms. The van der Waals surface area contributed by atoms with Crippen molar-refractivity contribution in [3.05, 3.63) is 41.5 Å². The average Bonchev–Trinajstić information content (AvgIpc) is 3.59. The van der Waals surface area contributed by atoms with Crippen molar-refractivity contribution in [1.29, 1.82) is 0 Å². The Balaban J connectivity index is 1.56. The van der Waals surface area contributed by atoms with Crippen LogP contribution in [0.3, 0.4) is 0 Å². The van der Waals surface area contributed by atoms with Crippen molar-refractivity contribution in [2.24, 2.45) is 0 Å². The molecule has 0 spiro atoms. The number of rotatable bonds is 2. The molecule has 1 fully saturated rings. The third-order valence-electron chi connectivity index (χ3n) is 8.44. The largest absolute Gasteiger partial charge is 0.508 e. The number of benzene rings is 3. The van der Waals surface area contributed by atoms with Gasteiger partial charge in [-0.05, 0) is 31.2 Å². The van der Waals surface area contributed by atoms with Crippen LogP contribution in [0.5, 0.6) is 17.2 Å². The third kappa shape index (κ3) is 3.19. The van der Waals surface area contributed by atoms with E-state index in [9.17, 15) is 35.1 Å². The normalized spacial score (nSPS) is 27.4. The van der Waals surface area contributed by atoms with Gasteiger partial charge in [0.25, 0.3) is 11.8 Å². The van der Waals surface area contributed by atoms with Gasteiger partial charge in [-0.3, -0.25) is 14.9 Å². The minimum Gasteiger partial charge on any atom is -0.508 e. The molecule has 0 radical (unpaired) electrons. The molecule has 3 aromatic carbocycles. The molecule has 6 atom stereocenters. The molecule has 0 saturated carbocycles. The van der Waals surface area contributed by atoms with Gasteiger partial charge in [0.15, 0.2) is 17.7 Å². The Morgan fingerprint density at radius 2 is 1.71 bits per heavy atom. The lowest BCUT2D eigenvalue weighted by molar-refractivity contribution is -0.249. The van der Waals surface area contributed by atoms with Crippen LogP contribution in [0.2, 0.25) is 0 Å². The van der Waals surface area contributed by atoms with E-state index in [0.717, 1.165) is 0 Å². The molecular weight excluding hydrogens is 550 g/mol. The Hall–Kier alpha value is -4.40. The van der Waals surface area contributed by atoms with Gasteiger partial charge in [-0.2, -0.15) is 0 Å². The lowest BCUT2D eigenvalue weighted by atomic mass is 9.96. The summed E-state index contributed by atoms with van der Waals surface area (Å²) in [4.78, 5) is 30.1. The van der Waals surface area contributed by atoms with Crippen LogP contribution in [0, 0.1) is 0 Å². The fourth-order valence-corrected chi connectivity index (χ4v) is 6.60. The van der Waals surface area contributed by atoms with E-state index in [2.05, 4.69) is 10.3 Å². The number of phenols is 1. The minimum absolute atomic E-state index is 0.0749. The average molecular weight is 576 g/mol. The monoisotopic (exact) mass is 575 g/mol. The Morgan fingerprint density at radius 3 is 2.48 bits per heavy atom. The molecule has 3 aliphatic heterocycles. The molecular formula is C29H25N3O10. The number of imide groups is 1. The lowest BCUT2D eigenvalue weighted by Gasteiger charge is -2.41. The quantitative estimate of drug-likeness (QED) is 0.150. The van der Waals surface area contributed by atoms with E-state index in [0.29, 0.717) is 61.7 Å². The number of aliphatic hydroxyl groups excluding tert-OH is 4. The number of nitrogens with zero attached hydrogens (tertiary/aromatic N) is 1. The Bertz CT molecular complexity index is 2010. The number of aliphatic hydroxyl groups is 4. The number of carbonyl (C=O) groups excluding carboxylic acids is 2. The Morgan fingerprint density at radius 1 is 0.952 bits per heavy atom. The summed E-state index contributed by atoms with van der Waals surface area (Å²) in [5.74, 6) is -0.374. The number of aromatic amines is 1. The van der Waals surface area contributed by atoms with E-state index in [1.165, 1.54) is 12.1 Å². The number of amides is 2. The fourth-order valence-electron chi connectivity index (χ4n) is 6.60. The number of carbonyl (C=O) groups is 2. The van der Waals surface area contributed by atoms with Crippen molar-refractivity contribution < 1.29 is 49.3 Å². The Labute approximate surface area is 235 Å². The van der Waals surface area contributed by atoms with Crippen LogP contribution in [0.15, 0.2) is 30.3 Å². The van der Waals surface area contributed by atoms with Crippen molar-refractivity contribution >= 4 is 55.4 Å². The van der Waals surface area contributed by atoms with Gasteiger partial charge in [0.2, 0.25) is 0 Å². The first kappa shape index (κ1) is 25.3. The van der Waals surface area contributed by atoms with Gasteiger partial charge < -0.3 is 49.3 Å². The second-order valence-electron chi connectivity index (χ2n) is 11.0. The van der Waals surface area contributed by atoms with Crippen molar-refractivity contribution in [1.82, 2.24) is 14.9 Å². The van der Waals surface area contributed by atoms with Crippen LogP contribution in [0.4, 0.5) is 0 Å². The number of nitrogens with one attached hydrogen (secondary N) is 2. The highest BCUT2D eigenvalue weighted by Crippen LogP contribution is 2.48. The summed E-state index contributed by atoms with van der Waals surface area (Å²) in [7, 11) is 0. The maximum absolute atomic E-state index is 13.4. The summed E-state index contributed by atoms with van der Waals surface area (Å²) in [5.41, 5.74) is 1.93. The standard InChI is InChI=1S/C29H25N3O10/c1-9-8-40-15-5-11-13(6-16(15)41-9)30-22-18(11)20-21(28(39)31-27(20)38)19-12-4-10(34)2-3-14(12)32(23(19)22)29-26(37)25(36)24(35)17(7-33)42-29/h2-6,9,17,24-26,29-30,33-37H,7-8H2,1H3,(H,31,38,39)/t9?,17-,24-,25+,26-,29-/m1/s1. The fraction of sp³-hybridized carbons (Fsp3) is 0.310. The summed E-state index contributed by atoms with van der Waals surface area (Å²) in [6.45, 7) is 1.56. The maximum Gasteiger partial charge on any atom is 0.259 e. The van der Waals surface area contributed by atoms with Gasteiger partial charge in [-0.1, -0.05) is 0 Å².